The second-order valence-corrected chi connectivity index (χ2v) is 4.44. The fraction of sp³-hybridized carbons (Fsp3) is 0.500. The lowest BCUT2D eigenvalue weighted by Gasteiger charge is -2.02. The van der Waals surface area contributed by atoms with E-state index in [0.29, 0.717) is 0 Å². The van der Waals surface area contributed by atoms with Crippen LogP contribution in [0.2, 0.25) is 5.02 Å². The minimum absolute atomic E-state index is 0.756. The first-order chi connectivity index (χ1) is 6.84. The SMILES string of the molecule is CNCCCCSc1ncccc1Cl. The summed E-state index contributed by atoms with van der Waals surface area (Å²) in [4.78, 5) is 4.21. The lowest BCUT2D eigenvalue weighted by molar-refractivity contribution is 0.714. The minimum Gasteiger partial charge on any atom is -0.320 e. The van der Waals surface area contributed by atoms with E-state index in [0.717, 1.165) is 22.3 Å². The summed E-state index contributed by atoms with van der Waals surface area (Å²) in [6, 6.07) is 3.73. The summed E-state index contributed by atoms with van der Waals surface area (Å²) in [5.74, 6) is 1.08. The molecule has 4 heteroatoms. The van der Waals surface area contributed by atoms with Gasteiger partial charge in [0, 0.05) is 6.20 Å². The maximum Gasteiger partial charge on any atom is 0.115 e. The predicted octanol–water partition coefficient (Wildman–Crippen LogP) is 2.83. The van der Waals surface area contributed by atoms with E-state index in [1.807, 2.05) is 19.2 Å². The van der Waals surface area contributed by atoms with E-state index in [1.54, 1.807) is 18.0 Å². The summed E-state index contributed by atoms with van der Waals surface area (Å²) in [5.41, 5.74) is 0. The molecular formula is C10H15ClN2S. The zero-order chi connectivity index (χ0) is 10.2. The standard InChI is InChI=1S/C10H15ClN2S/c1-12-6-2-3-8-14-10-9(11)5-4-7-13-10/h4-5,7,12H,2-3,6,8H2,1H3. The number of thioether (sulfide) groups is 1. The van der Waals surface area contributed by atoms with E-state index < -0.39 is 0 Å². The highest BCUT2D eigenvalue weighted by atomic mass is 35.5. The fourth-order valence-corrected chi connectivity index (χ4v) is 2.22. The Balaban J connectivity index is 2.21. The van der Waals surface area contributed by atoms with Crippen LogP contribution in [0.25, 0.3) is 0 Å². The molecule has 1 N–H and O–H groups in total. The Kier molecular flexibility index (Phi) is 5.99. The van der Waals surface area contributed by atoms with Crippen molar-refractivity contribution in [2.45, 2.75) is 17.9 Å². The van der Waals surface area contributed by atoms with Gasteiger partial charge in [0.1, 0.15) is 5.03 Å². The number of rotatable bonds is 6. The van der Waals surface area contributed by atoms with Crippen molar-refractivity contribution in [3.63, 3.8) is 0 Å². The number of aromatic nitrogens is 1. The normalized spacial score (nSPS) is 10.4. The Morgan fingerprint density at radius 2 is 2.36 bits per heavy atom. The molecule has 0 bridgehead atoms. The van der Waals surface area contributed by atoms with Crippen LogP contribution in [0.4, 0.5) is 0 Å². The van der Waals surface area contributed by atoms with Crippen molar-refractivity contribution in [2.24, 2.45) is 0 Å². The average Bonchev–Trinajstić information content (AvgIpc) is 2.20. The number of unbranched alkanes of at least 4 members (excludes halogenated alkanes) is 1. The molecule has 0 aliphatic carbocycles. The summed E-state index contributed by atoms with van der Waals surface area (Å²) in [6.07, 6.45) is 4.17. The van der Waals surface area contributed by atoms with Crippen LogP contribution in [0.5, 0.6) is 0 Å². The summed E-state index contributed by atoms with van der Waals surface area (Å²) < 4.78 is 0. The van der Waals surface area contributed by atoms with Crippen LogP contribution >= 0.6 is 23.4 Å². The first-order valence-corrected chi connectivity index (χ1v) is 6.09. The highest BCUT2D eigenvalue weighted by Crippen LogP contribution is 2.24. The first kappa shape index (κ1) is 11.8. The molecule has 1 aromatic heterocycles. The van der Waals surface area contributed by atoms with Crippen LogP contribution < -0.4 is 5.32 Å². The van der Waals surface area contributed by atoms with Gasteiger partial charge in [0.25, 0.3) is 0 Å². The lowest BCUT2D eigenvalue weighted by Crippen LogP contribution is -2.07. The Labute approximate surface area is 94.5 Å². The van der Waals surface area contributed by atoms with Gasteiger partial charge in [-0.3, -0.25) is 0 Å². The van der Waals surface area contributed by atoms with Gasteiger partial charge >= 0.3 is 0 Å². The van der Waals surface area contributed by atoms with Crippen LogP contribution in [-0.2, 0) is 0 Å². The molecule has 0 aromatic carbocycles. The Bertz CT molecular complexity index is 268. The molecular weight excluding hydrogens is 216 g/mol. The summed E-state index contributed by atoms with van der Waals surface area (Å²) in [5, 5.41) is 4.83. The topological polar surface area (TPSA) is 24.9 Å². The van der Waals surface area contributed by atoms with Crippen molar-refractivity contribution < 1.29 is 0 Å². The molecule has 0 saturated heterocycles. The number of halogens is 1. The number of hydrogen-bond acceptors (Lipinski definition) is 3. The van der Waals surface area contributed by atoms with E-state index in [-0.39, 0.29) is 0 Å². The molecule has 0 fully saturated rings. The predicted molar refractivity (Wildman–Crippen MR) is 63.1 cm³/mol. The van der Waals surface area contributed by atoms with Gasteiger partial charge < -0.3 is 5.32 Å². The Morgan fingerprint density at radius 3 is 3.07 bits per heavy atom. The lowest BCUT2D eigenvalue weighted by atomic mass is 10.3. The molecule has 0 aliphatic heterocycles. The molecule has 0 atom stereocenters. The van der Waals surface area contributed by atoms with Crippen LogP contribution in [-0.4, -0.2) is 24.3 Å². The third kappa shape index (κ3) is 4.31. The first-order valence-electron chi connectivity index (χ1n) is 4.72. The maximum atomic E-state index is 5.97. The Morgan fingerprint density at radius 1 is 1.50 bits per heavy atom. The highest BCUT2D eigenvalue weighted by Gasteiger charge is 2.00. The van der Waals surface area contributed by atoms with E-state index in [4.69, 9.17) is 11.6 Å². The van der Waals surface area contributed by atoms with Gasteiger partial charge in [-0.05, 0) is 44.3 Å². The van der Waals surface area contributed by atoms with E-state index in [2.05, 4.69) is 10.3 Å². The van der Waals surface area contributed by atoms with Crippen LogP contribution in [0, 0.1) is 0 Å². The molecule has 2 nitrogen and oxygen atoms in total. The van der Waals surface area contributed by atoms with Gasteiger partial charge in [-0.2, -0.15) is 0 Å². The largest absolute Gasteiger partial charge is 0.320 e. The van der Waals surface area contributed by atoms with Crippen LogP contribution in [0.1, 0.15) is 12.8 Å². The zero-order valence-electron chi connectivity index (χ0n) is 8.29. The molecule has 0 aliphatic rings. The van der Waals surface area contributed by atoms with Crippen molar-refractivity contribution >= 4 is 23.4 Å². The molecule has 0 amide bonds. The highest BCUT2D eigenvalue weighted by molar-refractivity contribution is 7.99. The number of hydrogen-bond donors (Lipinski definition) is 1. The summed E-state index contributed by atoms with van der Waals surface area (Å²) >= 11 is 7.70. The molecule has 1 heterocycles. The van der Waals surface area contributed by atoms with E-state index >= 15 is 0 Å². The summed E-state index contributed by atoms with van der Waals surface area (Å²) in [7, 11) is 1.97. The van der Waals surface area contributed by atoms with Gasteiger partial charge in [0.15, 0.2) is 0 Å². The molecule has 0 saturated carbocycles. The number of nitrogens with zero attached hydrogens (tertiary/aromatic N) is 1. The van der Waals surface area contributed by atoms with Gasteiger partial charge in [0.2, 0.25) is 0 Å². The van der Waals surface area contributed by atoms with E-state index in [9.17, 15) is 0 Å². The molecule has 1 aromatic rings. The van der Waals surface area contributed by atoms with Crippen LogP contribution in [0.15, 0.2) is 23.4 Å². The zero-order valence-corrected chi connectivity index (χ0v) is 9.87. The molecule has 0 spiro atoms. The maximum absolute atomic E-state index is 5.97. The van der Waals surface area contributed by atoms with Gasteiger partial charge in [-0.25, -0.2) is 4.98 Å². The van der Waals surface area contributed by atoms with Crippen LogP contribution in [0.3, 0.4) is 0 Å². The van der Waals surface area contributed by atoms with Crippen molar-refractivity contribution in [2.75, 3.05) is 19.3 Å². The molecule has 1 rings (SSSR count). The number of nitrogens with one attached hydrogen (secondary N) is 1. The third-order valence-corrected chi connectivity index (χ3v) is 3.29. The molecule has 0 unspecified atom stereocenters. The van der Waals surface area contributed by atoms with Gasteiger partial charge in [-0.15, -0.1) is 11.8 Å². The second-order valence-electron chi connectivity index (χ2n) is 2.95. The monoisotopic (exact) mass is 230 g/mol. The Hall–Kier alpha value is -0.250. The van der Waals surface area contributed by atoms with Gasteiger partial charge in [-0.1, -0.05) is 11.6 Å². The van der Waals surface area contributed by atoms with Crippen molar-refractivity contribution in [3.05, 3.63) is 23.4 Å². The number of pyridine rings is 1. The quantitative estimate of drug-likeness (QED) is 0.601. The van der Waals surface area contributed by atoms with E-state index in [1.165, 1.54) is 12.8 Å². The van der Waals surface area contributed by atoms with Crippen molar-refractivity contribution in [1.29, 1.82) is 0 Å². The minimum atomic E-state index is 0.756. The fourth-order valence-electron chi connectivity index (χ4n) is 1.05. The summed E-state index contributed by atoms with van der Waals surface area (Å²) in [6.45, 7) is 1.08. The smallest absolute Gasteiger partial charge is 0.115 e. The average molecular weight is 231 g/mol. The molecule has 14 heavy (non-hydrogen) atoms. The second kappa shape index (κ2) is 7.10. The molecule has 0 radical (unpaired) electrons. The van der Waals surface area contributed by atoms with Crippen molar-refractivity contribution in [3.8, 4) is 0 Å². The van der Waals surface area contributed by atoms with Crippen molar-refractivity contribution in [1.82, 2.24) is 10.3 Å². The third-order valence-electron chi connectivity index (χ3n) is 1.78. The molecule has 78 valence electrons. The van der Waals surface area contributed by atoms with Gasteiger partial charge in [0.05, 0.1) is 5.02 Å².